The van der Waals surface area contributed by atoms with Crippen LogP contribution in [0.15, 0.2) is 69.1 Å². The summed E-state index contributed by atoms with van der Waals surface area (Å²) in [6, 6.07) is 12.5. The van der Waals surface area contributed by atoms with E-state index >= 15 is 0 Å². The number of aromatic carboxylic acids is 1. The number of halogens is 1. The number of hydrogen-bond donors (Lipinski definition) is 2. The van der Waals surface area contributed by atoms with Crippen molar-refractivity contribution in [3.05, 3.63) is 64.9 Å². The van der Waals surface area contributed by atoms with Crippen LogP contribution in [0, 0.1) is 0 Å². The molecule has 4 aromatic rings. The van der Waals surface area contributed by atoms with Gasteiger partial charge in [-0.3, -0.25) is 0 Å². The quantitative estimate of drug-likeness (QED) is 0.411. The summed E-state index contributed by atoms with van der Waals surface area (Å²) in [5, 5.41) is 13.0. The predicted octanol–water partition coefficient (Wildman–Crippen LogP) is 5.44. The number of nitrogens with one attached hydrogen (secondary N) is 1. The summed E-state index contributed by atoms with van der Waals surface area (Å²) in [6.45, 7) is 0. The number of pyridine rings is 2. The van der Waals surface area contributed by atoms with Crippen molar-refractivity contribution in [2.75, 3.05) is 5.32 Å². The molecular weight excluding hydrogens is 448 g/mol. The van der Waals surface area contributed by atoms with Gasteiger partial charge in [0.05, 0.1) is 10.5 Å². The zero-order chi connectivity index (χ0) is 18.8. The van der Waals surface area contributed by atoms with Crippen molar-refractivity contribution in [2.45, 2.75) is 9.79 Å². The lowest BCUT2D eigenvalue weighted by Gasteiger charge is -2.09. The molecule has 0 bridgehead atoms. The Morgan fingerprint density at radius 2 is 2.00 bits per heavy atom. The normalized spacial score (nSPS) is 10.9. The van der Waals surface area contributed by atoms with Crippen LogP contribution in [0.25, 0.3) is 10.3 Å². The Bertz CT molecular complexity index is 1100. The molecule has 0 radical (unpaired) electrons. The van der Waals surface area contributed by atoms with Crippen LogP contribution in [0.3, 0.4) is 0 Å². The van der Waals surface area contributed by atoms with Crippen LogP contribution < -0.4 is 5.32 Å². The topological polar surface area (TPSA) is 88.0 Å². The fraction of sp³-hybridized carbons (Fsp3) is 0. The summed E-state index contributed by atoms with van der Waals surface area (Å²) in [4.78, 5) is 27.0. The minimum absolute atomic E-state index is 0.257. The minimum atomic E-state index is -0.942. The van der Waals surface area contributed by atoms with E-state index in [4.69, 9.17) is 5.11 Å². The van der Waals surface area contributed by atoms with E-state index in [-0.39, 0.29) is 5.56 Å². The molecule has 0 spiro atoms. The number of benzene rings is 1. The van der Waals surface area contributed by atoms with Gasteiger partial charge < -0.3 is 10.4 Å². The lowest BCUT2D eigenvalue weighted by atomic mass is 10.2. The maximum atomic E-state index is 11.0. The van der Waals surface area contributed by atoms with Crippen LogP contribution in [0.5, 0.6) is 0 Å². The third-order valence-corrected chi connectivity index (χ3v) is 5.91. The molecule has 3 aromatic heterocycles. The van der Waals surface area contributed by atoms with Crippen molar-refractivity contribution in [3.63, 3.8) is 0 Å². The largest absolute Gasteiger partial charge is 0.478 e. The Hall–Kier alpha value is -2.49. The molecule has 0 amide bonds. The second kappa shape index (κ2) is 7.63. The zero-order valence-corrected chi connectivity index (χ0v) is 16.8. The van der Waals surface area contributed by atoms with E-state index in [2.05, 4.69) is 36.2 Å². The molecule has 0 saturated carbocycles. The first-order valence-corrected chi connectivity index (χ1v) is 10.2. The zero-order valence-electron chi connectivity index (χ0n) is 13.6. The van der Waals surface area contributed by atoms with Crippen molar-refractivity contribution >= 4 is 66.3 Å². The average Bonchev–Trinajstić information content (AvgIpc) is 3.07. The Labute approximate surface area is 170 Å². The molecule has 0 aliphatic carbocycles. The lowest BCUT2D eigenvalue weighted by molar-refractivity contribution is 0.0697. The van der Waals surface area contributed by atoms with Gasteiger partial charge in [-0.25, -0.2) is 19.7 Å². The van der Waals surface area contributed by atoms with Crippen LogP contribution in [0.1, 0.15) is 10.4 Å². The standard InChI is InChI=1S/C18H11BrN4O2S2/c19-11-8-14(26-12-5-3-10(4-6-12)17(24)25)15(21-9-11)23-18-22-13-2-1-7-20-16(13)27-18/h1-9H,(H,24,25)(H,21,22,23). The second-order valence-corrected chi connectivity index (χ2v) is 8.41. The molecule has 6 nitrogen and oxygen atoms in total. The molecule has 1 aromatic carbocycles. The number of aromatic nitrogens is 3. The van der Waals surface area contributed by atoms with E-state index in [1.165, 1.54) is 23.1 Å². The molecule has 0 aliphatic rings. The second-order valence-electron chi connectivity index (χ2n) is 5.40. The number of carboxylic acids is 1. The van der Waals surface area contributed by atoms with E-state index in [1.54, 1.807) is 36.7 Å². The van der Waals surface area contributed by atoms with Crippen LogP contribution in [0.2, 0.25) is 0 Å². The molecule has 9 heteroatoms. The molecule has 0 fully saturated rings. The number of hydrogen-bond acceptors (Lipinski definition) is 7. The van der Waals surface area contributed by atoms with E-state index in [0.29, 0.717) is 10.9 Å². The highest BCUT2D eigenvalue weighted by Crippen LogP contribution is 2.36. The SMILES string of the molecule is O=C(O)c1ccc(Sc2cc(Br)cnc2Nc2nc3cccnc3s2)cc1. The van der Waals surface area contributed by atoms with Gasteiger partial charge in [-0.15, -0.1) is 0 Å². The van der Waals surface area contributed by atoms with E-state index in [1.807, 2.05) is 18.2 Å². The Balaban J connectivity index is 1.62. The number of thiazole rings is 1. The van der Waals surface area contributed by atoms with Crippen molar-refractivity contribution in [1.82, 2.24) is 15.0 Å². The maximum absolute atomic E-state index is 11.0. The first-order chi connectivity index (χ1) is 13.1. The van der Waals surface area contributed by atoms with Crippen LogP contribution in [-0.4, -0.2) is 26.0 Å². The molecule has 0 unspecified atom stereocenters. The highest BCUT2D eigenvalue weighted by molar-refractivity contribution is 9.10. The van der Waals surface area contributed by atoms with Gasteiger partial charge in [0.25, 0.3) is 0 Å². The summed E-state index contributed by atoms with van der Waals surface area (Å²) in [7, 11) is 0. The van der Waals surface area contributed by atoms with Gasteiger partial charge in [-0.1, -0.05) is 23.1 Å². The van der Waals surface area contributed by atoms with Crippen molar-refractivity contribution in [1.29, 1.82) is 0 Å². The maximum Gasteiger partial charge on any atom is 0.335 e. The van der Waals surface area contributed by atoms with E-state index < -0.39 is 5.97 Å². The molecule has 134 valence electrons. The third-order valence-electron chi connectivity index (χ3n) is 3.54. The van der Waals surface area contributed by atoms with Gasteiger partial charge in [0.2, 0.25) is 0 Å². The molecule has 4 rings (SSSR count). The monoisotopic (exact) mass is 458 g/mol. The summed E-state index contributed by atoms with van der Waals surface area (Å²) < 4.78 is 0.851. The van der Waals surface area contributed by atoms with Crippen molar-refractivity contribution < 1.29 is 9.90 Å². The molecule has 0 atom stereocenters. The highest BCUT2D eigenvalue weighted by Gasteiger charge is 2.11. The first-order valence-electron chi connectivity index (χ1n) is 7.74. The average molecular weight is 459 g/mol. The number of carbonyl (C=O) groups is 1. The number of nitrogens with zero attached hydrogens (tertiary/aromatic N) is 3. The summed E-state index contributed by atoms with van der Waals surface area (Å²) >= 11 is 6.39. The predicted molar refractivity (Wildman–Crippen MR) is 110 cm³/mol. The first kappa shape index (κ1) is 17.9. The highest BCUT2D eigenvalue weighted by atomic mass is 79.9. The van der Waals surface area contributed by atoms with Crippen molar-refractivity contribution in [3.8, 4) is 0 Å². The Kier molecular flexibility index (Phi) is 5.06. The minimum Gasteiger partial charge on any atom is -0.478 e. The van der Waals surface area contributed by atoms with Gasteiger partial charge in [0.15, 0.2) is 5.13 Å². The van der Waals surface area contributed by atoms with Gasteiger partial charge in [-0.05, 0) is 58.4 Å². The molecule has 27 heavy (non-hydrogen) atoms. The van der Waals surface area contributed by atoms with Gasteiger partial charge >= 0.3 is 5.97 Å². The number of carboxylic acid groups (broad SMARTS) is 1. The fourth-order valence-electron chi connectivity index (χ4n) is 2.31. The third kappa shape index (κ3) is 4.10. The summed E-state index contributed by atoms with van der Waals surface area (Å²) in [5.74, 6) is -0.271. The summed E-state index contributed by atoms with van der Waals surface area (Å²) in [6.07, 6.45) is 3.45. The van der Waals surface area contributed by atoms with E-state index in [9.17, 15) is 4.79 Å². The number of anilines is 2. The Morgan fingerprint density at radius 1 is 1.19 bits per heavy atom. The number of fused-ring (bicyclic) bond motifs is 1. The number of rotatable bonds is 5. The van der Waals surface area contributed by atoms with Crippen molar-refractivity contribution in [2.24, 2.45) is 0 Å². The molecule has 0 aliphatic heterocycles. The van der Waals surface area contributed by atoms with Gasteiger partial charge in [0, 0.05) is 21.8 Å². The van der Waals surface area contributed by atoms with Gasteiger partial charge in [0.1, 0.15) is 16.2 Å². The summed E-state index contributed by atoms with van der Waals surface area (Å²) in [5.41, 5.74) is 1.09. The van der Waals surface area contributed by atoms with Gasteiger partial charge in [-0.2, -0.15) is 0 Å². The molecule has 0 saturated heterocycles. The molecule has 2 N–H and O–H groups in total. The lowest BCUT2D eigenvalue weighted by Crippen LogP contribution is -1.96. The molecule has 3 heterocycles. The van der Waals surface area contributed by atoms with Crippen LogP contribution in [-0.2, 0) is 0 Å². The smallest absolute Gasteiger partial charge is 0.335 e. The fourth-order valence-corrected chi connectivity index (χ4v) is 4.51. The molecular formula is C18H11BrN4O2S2. The van der Waals surface area contributed by atoms with Crippen LogP contribution >= 0.6 is 39.0 Å². The van der Waals surface area contributed by atoms with Crippen LogP contribution in [0.4, 0.5) is 10.9 Å². The van der Waals surface area contributed by atoms with E-state index in [0.717, 1.165) is 24.6 Å². The Morgan fingerprint density at radius 3 is 2.74 bits per heavy atom.